The fourth-order valence-electron chi connectivity index (χ4n) is 4.29. The fraction of sp³-hybridized carbons (Fsp3) is 0.148. The highest BCUT2D eigenvalue weighted by molar-refractivity contribution is 5.87. The number of hydrogen-bond acceptors (Lipinski definition) is 6. The summed E-state index contributed by atoms with van der Waals surface area (Å²) in [5.74, 6) is 0.547. The first-order valence-corrected chi connectivity index (χ1v) is 10.8. The molecule has 2 unspecified atom stereocenters. The van der Waals surface area contributed by atoms with Crippen LogP contribution in [-0.4, -0.2) is 29.9 Å². The molecule has 0 amide bonds. The van der Waals surface area contributed by atoms with E-state index in [0.29, 0.717) is 11.6 Å². The molecule has 7 heteroatoms. The van der Waals surface area contributed by atoms with Gasteiger partial charge >= 0.3 is 0 Å². The molecular formula is C27H22N4O3. The number of nitriles is 1. The number of aromatic nitrogens is 2. The standard InChI is InChI=1S/C27H22N4O3/c1-32-20-12-8-17(9-13-20)23-22(16-28)26(29)34-27-24(23)25(18-10-14-21(33-2)15-11-18)30-31(27)19-6-4-3-5-7-19/h3-15,22-23,29H,1-2H3. The first kappa shape index (κ1) is 21.3. The van der Waals surface area contributed by atoms with Gasteiger partial charge in [-0.1, -0.05) is 30.3 Å². The van der Waals surface area contributed by atoms with Crippen LogP contribution < -0.4 is 14.2 Å². The van der Waals surface area contributed by atoms with Crippen molar-refractivity contribution in [2.75, 3.05) is 14.2 Å². The summed E-state index contributed by atoms with van der Waals surface area (Å²) in [5.41, 5.74) is 4.00. The molecule has 0 saturated carbocycles. The van der Waals surface area contributed by atoms with E-state index in [4.69, 9.17) is 24.7 Å². The number of rotatable bonds is 5. The number of nitrogens with one attached hydrogen (secondary N) is 1. The van der Waals surface area contributed by atoms with E-state index < -0.39 is 11.8 Å². The van der Waals surface area contributed by atoms with Gasteiger partial charge < -0.3 is 14.2 Å². The molecular weight excluding hydrogens is 428 g/mol. The van der Waals surface area contributed by atoms with Gasteiger partial charge in [0.1, 0.15) is 23.1 Å². The Morgan fingerprint density at radius 2 is 1.53 bits per heavy atom. The van der Waals surface area contributed by atoms with Crippen LogP contribution in [0.3, 0.4) is 0 Å². The van der Waals surface area contributed by atoms with Crippen LogP contribution in [0.15, 0.2) is 78.9 Å². The minimum absolute atomic E-state index is 0.103. The molecule has 0 aliphatic carbocycles. The van der Waals surface area contributed by atoms with Crippen LogP contribution >= 0.6 is 0 Å². The van der Waals surface area contributed by atoms with E-state index in [0.717, 1.165) is 33.9 Å². The normalized spacial score (nSPS) is 16.8. The summed E-state index contributed by atoms with van der Waals surface area (Å²) in [6, 6.07) is 27.1. The number of ether oxygens (including phenoxy) is 3. The first-order chi connectivity index (χ1) is 16.6. The predicted molar refractivity (Wildman–Crippen MR) is 128 cm³/mol. The van der Waals surface area contributed by atoms with Crippen LogP contribution in [-0.2, 0) is 0 Å². The van der Waals surface area contributed by atoms with Crippen molar-refractivity contribution in [3.05, 3.63) is 90.0 Å². The lowest BCUT2D eigenvalue weighted by Gasteiger charge is -2.29. The quantitative estimate of drug-likeness (QED) is 0.451. The van der Waals surface area contributed by atoms with Gasteiger partial charge in [-0.25, -0.2) is 0 Å². The molecule has 3 aromatic carbocycles. The third-order valence-corrected chi connectivity index (χ3v) is 5.99. The van der Waals surface area contributed by atoms with E-state index in [1.807, 2.05) is 78.9 Å². The molecule has 2 atom stereocenters. The largest absolute Gasteiger partial charge is 0.497 e. The zero-order valence-electron chi connectivity index (χ0n) is 18.7. The molecule has 1 aliphatic heterocycles. The van der Waals surface area contributed by atoms with Gasteiger partial charge in [0.25, 0.3) is 0 Å². The van der Waals surface area contributed by atoms with Gasteiger partial charge in [0.2, 0.25) is 11.8 Å². The van der Waals surface area contributed by atoms with Crippen molar-refractivity contribution in [2.45, 2.75) is 5.92 Å². The molecule has 168 valence electrons. The smallest absolute Gasteiger partial charge is 0.228 e. The van der Waals surface area contributed by atoms with Crippen molar-refractivity contribution in [1.82, 2.24) is 9.78 Å². The van der Waals surface area contributed by atoms with Crippen LogP contribution in [0.25, 0.3) is 16.9 Å². The molecule has 0 radical (unpaired) electrons. The Labute approximate surface area is 197 Å². The van der Waals surface area contributed by atoms with Gasteiger partial charge in [0.15, 0.2) is 0 Å². The molecule has 0 spiro atoms. The molecule has 0 fully saturated rings. The highest BCUT2D eigenvalue weighted by atomic mass is 16.5. The monoisotopic (exact) mass is 450 g/mol. The molecule has 4 aromatic rings. The zero-order chi connectivity index (χ0) is 23.7. The summed E-state index contributed by atoms with van der Waals surface area (Å²) >= 11 is 0. The topological polar surface area (TPSA) is 93.2 Å². The maximum Gasteiger partial charge on any atom is 0.228 e. The van der Waals surface area contributed by atoms with Gasteiger partial charge in [-0.15, -0.1) is 0 Å². The van der Waals surface area contributed by atoms with E-state index in [1.54, 1.807) is 18.9 Å². The van der Waals surface area contributed by atoms with Crippen molar-refractivity contribution < 1.29 is 14.2 Å². The van der Waals surface area contributed by atoms with Crippen molar-refractivity contribution in [1.29, 1.82) is 10.7 Å². The van der Waals surface area contributed by atoms with E-state index >= 15 is 0 Å². The van der Waals surface area contributed by atoms with E-state index in [-0.39, 0.29) is 5.90 Å². The lowest BCUT2D eigenvalue weighted by Crippen LogP contribution is -2.31. The van der Waals surface area contributed by atoms with Crippen LogP contribution in [0.2, 0.25) is 0 Å². The minimum atomic E-state index is -0.800. The molecule has 34 heavy (non-hydrogen) atoms. The highest BCUT2D eigenvalue weighted by Crippen LogP contribution is 2.48. The second-order valence-corrected chi connectivity index (χ2v) is 7.87. The van der Waals surface area contributed by atoms with Crippen molar-refractivity contribution in [3.63, 3.8) is 0 Å². The second-order valence-electron chi connectivity index (χ2n) is 7.87. The molecule has 1 aromatic heterocycles. The summed E-state index contributed by atoms with van der Waals surface area (Å²) in [5, 5.41) is 23.5. The van der Waals surface area contributed by atoms with Crippen molar-refractivity contribution in [2.24, 2.45) is 5.92 Å². The van der Waals surface area contributed by atoms with Gasteiger partial charge in [-0.3, -0.25) is 5.41 Å². The van der Waals surface area contributed by atoms with Gasteiger partial charge in [0.05, 0.1) is 31.5 Å². The summed E-state index contributed by atoms with van der Waals surface area (Å²) in [6.45, 7) is 0. The van der Waals surface area contributed by atoms with E-state index in [2.05, 4.69) is 6.07 Å². The van der Waals surface area contributed by atoms with Crippen LogP contribution in [0.5, 0.6) is 17.4 Å². The second kappa shape index (κ2) is 8.75. The molecule has 1 N–H and O–H groups in total. The van der Waals surface area contributed by atoms with Crippen LogP contribution in [0.4, 0.5) is 0 Å². The molecule has 0 saturated heterocycles. The molecule has 0 bridgehead atoms. The molecule has 7 nitrogen and oxygen atoms in total. The van der Waals surface area contributed by atoms with Gasteiger partial charge in [0, 0.05) is 11.5 Å². The molecule has 2 heterocycles. The maximum atomic E-state index is 10.0. The maximum absolute atomic E-state index is 10.0. The Morgan fingerprint density at radius 3 is 2.12 bits per heavy atom. The Morgan fingerprint density at radius 1 is 0.912 bits per heavy atom. The molecule has 5 rings (SSSR count). The van der Waals surface area contributed by atoms with Gasteiger partial charge in [-0.2, -0.15) is 15.0 Å². The number of fused-ring (bicyclic) bond motifs is 1. The number of nitrogens with zero attached hydrogens (tertiary/aromatic N) is 3. The minimum Gasteiger partial charge on any atom is -0.497 e. The summed E-state index contributed by atoms with van der Waals surface area (Å²) in [7, 11) is 3.23. The lowest BCUT2D eigenvalue weighted by atomic mass is 9.79. The lowest BCUT2D eigenvalue weighted by molar-refractivity contribution is 0.413. The SMILES string of the molecule is COc1ccc(-c2nn(-c3ccccc3)c3c2C(c2ccc(OC)cc2)C(C#N)C(=N)O3)cc1. The average Bonchev–Trinajstić information content (AvgIpc) is 3.27. The van der Waals surface area contributed by atoms with E-state index in [1.165, 1.54) is 0 Å². The fourth-order valence-corrected chi connectivity index (χ4v) is 4.29. The third-order valence-electron chi connectivity index (χ3n) is 5.99. The number of para-hydroxylation sites is 1. The number of benzene rings is 3. The summed E-state index contributed by atoms with van der Waals surface area (Å²) < 4.78 is 18.3. The summed E-state index contributed by atoms with van der Waals surface area (Å²) in [4.78, 5) is 0. The Bertz CT molecular complexity index is 1370. The third kappa shape index (κ3) is 3.55. The first-order valence-electron chi connectivity index (χ1n) is 10.8. The van der Waals surface area contributed by atoms with Crippen LogP contribution in [0, 0.1) is 22.7 Å². The summed E-state index contributed by atoms with van der Waals surface area (Å²) in [6.07, 6.45) is 0. The average molecular weight is 450 g/mol. The Hall–Kier alpha value is -4.57. The van der Waals surface area contributed by atoms with Crippen molar-refractivity contribution in [3.8, 4) is 40.4 Å². The number of methoxy groups -OCH3 is 2. The predicted octanol–water partition coefficient (Wildman–Crippen LogP) is 5.20. The Kier molecular flexibility index (Phi) is 5.48. The zero-order valence-corrected chi connectivity index (χ0v) is 18.7. The molecule has 1 aliphatic rings. The van der Waals surface area contributed by atoms with Crippen LogP contribution in [0.1, 0.15) is 17.0 Å². The van der Waals surface area contributed by atoms with Crippen molar-refractivity contribution >= 4 is 5.90 Å². The van der Waals surface area contributed by atoms with Gasteiger partial charge in [-0.05, 0) is 54.1 Å². The van der Waals surface area contributed by atoms with E-state index in [9.17, 15) is 5.26 Å². The number of hydrogen-bond donors (Lipinski definition) is 1. The Balaban J connectivity index is 1.78. The highest BCUT2D eigenvalue weighted by Gasteiger charge is 2.42.